The highest BCUT2D eigenvalue weighted by atomic mass is 35.5. The summed E-state index contributed by atoms with van der Waals surface area (Å²) >= 11 is 6.43. The van der Waals surface area contributed by atoms with Gasteiger partial charge >= 0.3 is 0 Å². The highest BCUT2D eigenvalue weighted by molar-refractivity contribution is 6.34. The molecule has 1 fully saturated rings. The monoisotopic (exact) mass is 313 g/mol. The minimum Gasteiger partial charge on any atom is -0.316 e. The molecule has 1 heterocycles. The quantitative estimate of drug-likeness (QED) is 0.845. The number of aryl methyl sites for hydroxylation is 1. The minimum atomic E-state index is 0.0516. The maximum atomic E-state index is 12.9. The number of nitrogens with one attached hydrogen (secondary N) is 1. The highest BCUT2D eigenvalue weighted by Crippen LogP contribution is 2.34. The predicted octanol–water partition coefficient (Wildman–Crippen LogP) is 4.50. The number of carbonyl (C=O) groups is 1. The fourth-order valence-corrected chi connectivity index (χ4v) is 3.40. The van der Waals surface area contributed by atoms with Crippen LogP contribution >= 0.6 is 11.6 Å². The van der Waals surface area contributed by atoms with E-state index < -0.39 is 0 Å². The summed E-state index contributed by atoms with van der Waals surface area (Å²) < 4.78 is 0. The molecular formula is C19H20ClNO. The van der Waals surface area contributed by atoms with Crippen LogP contribution in [0.15, 0.2) is 42.5 Å². The number of rotatable bonds is 3. The molecule has 0 aliphatic carbocycles. The van der Waals surface area contributed by atoms with Crippen molar-refractivity contribution in [3.8, 4) is 11.1 Å². The molecule has 0 spiro atoms. The first-order valence-electron chi connectivity index (χ1n) is 7.77. The van der Waals surface area contributed by atoms with Gasteiger partial charge in [-0.2, -0.15) is 0 Å². The second-order valence-corrected chi connectivity index (χ2v) is 6.35. The van der Waals surface area contributed by atoms with Gasteiger partial charge in [0.25, 0.3) is 0 Å². The lowest BCUT2D eigenvalue weighted by Crippen LogP contribution is -2.34. The molecule has 0 radical (unpaired) electrons. The average molecular weight is 314 g/mol. The number of ketones is 1. The Morgan fingerprint density at radius 2 is 2.05 bits per heavy atom. The first kappa shape index (κ1) is 15.3. The standard InChI is InChI=1S/C19H20ClNO/c1-13-5-2-6-14(11-13)18-16(8-3-9-17(18)20)19(22)15-7-4-10-21-12-15/h2-3,5-6,8-9,11,15,21H,4,7,10,12H2,1H3. The lowest BCUT2D eigenvalue weighted by Gasteiger charge is -2.23. The van der Waals surface area contributed by atoms with E-state index in [0.29, 0.717) is 5.02 Å². The van der Waals surface area contributed by atoms with Gasteiger partial charge in [0.1, 0.15) is 0 Å². The summed E-state index contributed by atoms with van der Waals surface area (Å²) in [6, 6.07) is 13.8. The molecule has 0 saturated carbocycles. The van der Waals surface area contributed by atoms with Crippen LogP contribution in [0, 0.1) is 12.8 Å². The summed E-state index contributed by atoms with van der Waals surface area (Å²) in [6.07, 6.45) is 2.00. The van der Waals surface area contributed by atoms with Crippen LogP contribution in [-0.2, 0) is 0 Å². The third kappa shape index (κ3) is 3.08. The first-order chi connectivity index (χ1) is 10.7. The Balaban J connectivity index is 2.05. The Morgan fingerprint density at radius 3 is 2.77 bits per heavy atom. The zero-order valence-electron chi connectivity index (χ0n) is 12.7. The van der Waals surface area contributed by atoms with Crippen molar-refractivity contribution in [3.05, 3.63) is 58.6 Å². The summed E-state index contributed by atoms with van der Waals surface area (Å²) in [5.74, 6) is 0.252. The number of halogens is 1. The van der Waals surface area contributed by atoms with Crippen LogP contribution in [0.1, 0.15) is 28.8 Å². The van der Waals surface area contributed by atoms with Crippen LogP contribution in [0.5, 0.6) is 0 Å². The molecule has 1 aliphatic rings. The highest BCUT2D eigenvalue weighted by Gasteiger charge is 2.25. The van der Waals surface area contributed by atoms with E-state index in [0.717, 1.165) is 48.2 Å². The molecule has 0 aromatic heterocycles. The fraction of sp³-hybridized carbons (Fsp3) is 0.316. The summed E-state index contributed by atoms with van der Waals surface area (Å²) in [7, 11) is 0. The Hall–Kier alpha value is -1.64. The van der Waals surface area contributed by atoms with Crippen LogP contribution in [0.2, 0.25) is 5.02 Å². The molecule has 3 rings (SSSR count). The summed E-state index contributed by atoms with van der Waals surface area (Å²) in [5, 5.41) is 3.95. The maximum Gasteiger partial charge on any atom is 0.167 e. The molecule has 2 aromatic carbocycles. The molecule has 1 unspecified atom stereocenters. The number of carbonyl (C=O) groups excluding carboxylic acids is 1. The van der Waals surface area contributed by atoms with Gasteiger partial charge in [-0.15, -0.1) is 0 Å². The molecule has 1 saturated heterocycles. The smallest absolute Gasteiger partial charge is 0.167 e. The van der Waals surface area contributed by atoms with Crippen molar-refractivity contribution in [3.63, 3.8) is 0 Å². The van der Waals surface area contributed by atoms with E-state index in [9.17, 15) is 4.79 Å². The number of hydrogen-bond donors (Lipinski definition) is 1. The zero-order chi connectivity index (χ0) is 15.5. The third-order valence-electron chi connectivity index (χ3n) is 4.25. The minimum absolute atomic E-state index is 0.0516. The Kier molecular flexibility index (Phi) is 4.60. The van der Waals surface area contributed by atoms with Crippen LogP contribution in [0.25, 0.3) is 11.1 Å². The van der Waals surface area contributed by atoms with Crippen molar-refractivity contribution < 1.29 is 4.79 Å². The predicted molar refractivity (Wildman–Crippen MR) is 91.5 cm³/mol. The molecule has 1 aliphatic heterocycles. The van der Waals surface area contributed by atoms with E-state index in [2.05, 4.69) is 11.4 Å². The molecule has 3 heteroatoms. The van der Waals surface area contributed by atoms with Crippen LogP contribution in [0.4, 0.5) is 0 Å². The van der Waals surface area contributed by atoms with E-state index in [1.807, 2.05) is 43.3 Å². The van der Waals surface area contributed by atoms with E-state index in [4.69, 9.17) is 11.6 Å². The molecule has 2 aromatic rings. The van der Waals surface area contributed by atoms with E-state index in [1.165, 1.54) is 0 Å². The Bertz CT molecular complexity index is 690. The van der Waals surface area contributed by atoms with Crippen LogP contribution in [-0.4, -0.2) is 18.9 Å². The largest absolute Gasteiger partial charge is 0.316 e. The lowest BCUT2D eigenvalue weighted by atomic mass is 9.87. The number of piperidine rings is 1. The third-order valence-corrected chi connectivity index (χ3v) is 4.57. The van der Waals surface area contributed by atoms with Gasteiger partial charge in [0, 0.05) is 28.6 Å². The maximum absolute atomic E-state index is 12.9. The van der Waals surface area contributed by atoms with Crippen molar-refractivity contribution >= 4 is 17.4 Å². The molecule has 0 amide bonds. The molecule has 1 atom stereocenters. The van der Waals surface area contributed by atoms with Gasteiger partial charge in [0.15, 0.2) is 5.78 Å². The van der Waals surface area contributed by atoms with Gasteiger partial charge in [-0.1, -0.05) is 53.6 Å². The second kappa shape index (κ2) is 6.64. The van der Waals surface area contributed by atoms with Gasteiger partial charge in [0.2, 0.25) is 0 Å². The van der Waals surface area contributed by atoms with Gasteiger partial charge < -0.3 is 5.32 Å². The van der Waals surface area contributed by atoms with Crippen molar-refractivity contribution in [2.75, 3.05) is 13.1 Å². The lowest BCUT2D eigenvalue weighted by molar-refractivity contribution is 0.0900. The molecular weight excluding hydrogens is 294 g/mol. The summed E-state index contributed by atoms with van der Waals surface area (Å²) in [4.78, 5) is 12.9. The van der Waals surface area contributed by atoms with Crippen LogP contribution in [0.3, 0.4) is 0 Å². The molecule has 114 valence electrons. The van der Waals surface area contributed by atoms with Crippen molar-refractivity contribution in [2.24, 2.45) is 5.92 Å². The average Bonchev–Trinajstić information content (AvgIpc) is 2.54. The van der Waals surface area contributed by atoms with Crippen molar-refractivity contribution in [1.82, 2.24) is 5.32 Å². The van der Waals surface area contributed by atoms with Crippen molar-refractivity contribution in [2.45, 2.75) is 19.8 Å². The van der Waals surface area contributed by atoms with Gasteiger partial charge in [-0.05, 0) is 37.9 Å². The first-order valence-corrected chi connectivity index (χ1v) is 8.15. The Morgan fingerprint density at radius 1 is 1.23 bits per heavy atom. The van der Waals surface area contributed by atoms with Crippen LogP contribution < -0.4 is 5.32 Å². The summed E-state index contributed by atoms with van der Waals surface area (Å²) in [6.45, 7) is 3.82. The molecule has 22 heavy (non-hydrogen) atoms. The second-order valence-electron chi connectivity index (χ2n) is 5.94. The molecule has 1 N–H and O–H groups in total. The summed E-state index contributed by atoms with van der Waals surface area (Å²) in [5.41, 5.74) is 3.78. The number of benzene rings is 2. The van der Waals surface area contributed by atoms with E-state index in [-0.39, 0.29) is 11.7 Å². The van der Waals surface area contributed by atoms with Crippen molar-refractivity contribution in [1.29, 1.82) is 0 Å². The Labute approximate surface area is 136 Å². The molecule has 0 bridgehead atoms. The van der Waals surface area contributed by atoms with Gasteiger partial charge in [-0.25, -0.2) is 0 Å². The van der Waals surface area contributed by atoms with Gasteiger partial charge in [-0.3, -0.25) is 4.79 Å². The normalized spacial score (nSPS) is 18.2. The zero-order valence-corrected chi connectivity index (χ0v) is 13.5. The van der Waals surface area contributed by atoms with Gasteiger partial charge in [0.05, 0.1) is 0 Å². The number of hydrogen-bond acceptors (Lipinski definition) is 2. The fourth-order valence-electron chi connectivity index (χ4n) is 3.12. The topological polar surface area (TPSA) is 29.1 Å². The SMILES string of the molecule is Cc1cccc(-c2c(Cl)cccc2C(=O)C2CCCNC2)c1. The van der Waals surface area contributed by atoms with E-state index >= 15 is 0 Å². The molecule has 2 nitrogen and oxygen atoms in total. The van der Waals surface area contributed by atoms with E-state index in [1.54, 1.807) is 0 Å². The number of Topliss-reactive ketones (excluding diaryl/α,β-unsaturated/α-hetero) is 1.